The number of alkyl halides is 3. The SMILES string of the molecule is Cc1nn2c(C(F)(F)F)cc(C(C)(C)C)nc2c1Br. The molecular formula is C12H13BrF3N3. The lowest BCUT2D eigenvalue weighted by molar-refractivity contribution is -0.142. The van der Waals surface area contributed by atoms with Gasteiger partial charge < -0.3 is 0 Å². The van der Waals surface area contributed by atoms with Gasteiger partial charge in [0.1, 0.15) is 5.69 Å². The van der Waals surface area contributed by atoms with Gasteiger partial charge >= 0.3 is 6.18 Å². The molecule has 0 aliphatic rings. The molecule has 0 saturated heterocycles. The number of halogens is 4. The summed E-state index contributed by atoms with van der Waals surface area (Å²) >= 11 is 3.24. The van der Waals surface area contributed by atoms with Crippen LogP contribution in [0.2, 0.25) is 0 Å². The molecule has 0 bridgehead atoms. The summed E-state index contributed by atoms with van der Waals surface area (Å²) in [6, 6.07) is 1.06. The molecule has 2 rings (SSSR count). The minimum atomic E-state index is -4.47. The van der Waals surface area contributed by atoms with Crippen LogP contribution in [-0.4, -0.2) is 14.6 Å². The Balaban J connectivity index is 2.89. The Bertz CT molecular complexity index is 638. The molecule has 0 aromatic carbocycles. The van der Waals surface area contributed by atoms with Crippen LogP contribution in [0.4, 0.5) is 13.2 Å². The van der Waals surface area contributed by atoms with Gasteiger partial charge in [0.2, 0.25) is 0 Å². The second kappa shape index (κ2) is 4.19. The van der Waals surface area contributed by atoms with Gasteiger partial charge in [-0.05, 0) is 28.9 Å². The van der Waals surface area contributed by atoms with E-state index in [-0.39, 0.29) is 5.65 Å². The summed E-state index contributed by atoms with van der Waals surface area (Å²) < 4.78 is 40.7. The Morgan fingerprint density at radius 1 is 1.21 bits per heavy atom. The molecular weight excluding hydrogens is 323 g/mol. The molecule has 0 radical (unpaired) electrons. The molecule has 2 heterocycles. The molecule has 104 valence electrons. The lowest BCUT2D eigenvalue weighted by Crippen LogP contribution is -2.20. The fourth-order valence-corrected chi connectivity index (χ4v) is 2.02. The molecule has 7 heteroatoms. The van der Waals surface area contributed by atoms with Gasteiger partial charge in [-0.25, -0.2) is 9.50 Å². The second-order valence-electron chi connectivity index (χ2n) is 5.41. The molecule has 0 aliphatic heterocycles. The van der Waals surface area contributed by atoms with Gasteiger partial charge in [-0.1, -0.05) is 20.8 Å². The van der Waals surface area contributed by atoms with Crippen LogP contribution in [0.5, 0.6) is 0 Å². The van der Waals surface area contributed by atoms with Crippen LogP contribution >= 0.6 is 15.9 Å². The van der Waals surface area contributed by atoms with Crippen LogP contribution in [-0.2, 0) is 11.6 Å². The number of aromatic nitrogens is 3. The lowest BCUT2D eigenvalue weighted by Gasteiger charge is -2.20. The zero-order valence-corrected chi connectivity index (χ0v) is 12.5. The molecule has 0 fully saturated rings. The maximum atomic E-state index is 13.1. The number of nitrogens with zero attached hydrogens (tertiary/aromatic N) is 3. The second-order valence-corrected chi connectivity index (χ2v) is 6.20. The van der Waals surface area contributed by atoms with Crippen molar-refractivity contribution in [1.29, 1.82) is 0 Å². The molecule has 0 N–H and O–H groups in total. The third-order valence-electron chi connectivity index (χ3n) is 2.75. The molecule has 0 unspecified atom stereocenters. The fraction of sp³-hybridized carbons (Fsp3) is 0.500. The first-order valence-electron chi connectivity index (χ1n) is 5.65. The summed E-state index contributed by atoms with van der Waals surface area (Å²) in [4.78, 5) is 4.29. The highest BCUT2D eigenvalue weighted by atomic mass is 79.9. The van der Waals surface area contributed by atoms with E-state index in [4.69, 9.17) is 0 Å². The molecule has 0 atom stereocenters. The van der Waals surface area contributed by atoms with Crippen molar-refractivity contribution in [3.8, 4) is 0 Å². The number of fused-ring (bicyclic) bond motifs is 1. The number of aryl methyl sites for hydroxylation is 1. The molecule has 0 aliphatic carbocycles. The lowest BCUT2D eigenvalue weighted by atomic mass is 9.91. The minimum absolute atomic E-state index is 0.192. The summed E-state index contributed by atoms with van der Waals surface area (Å²) in [6.45, 7) is 7.10. The van der Waals surface area contributed by atoms with Gasteiger partial charge in [0.25, 0.3) is 0 Å². The summed E-state index contributed by atoms with van der Waals surface area (Å²) in [6.07, 6.45) is -4.47. The number of rotatable bonds is 0. The highest BCUT2D eigenvalue weighted by Gasteiger charge is 2.36. The summed E-state index contributed by atoms with van der Waals surface area (Å²) in [7, 11) is 0. The van der Waals surface area contributed by atoms with Gasteiger partial charge in [-0.15, -0.1) is 0 Å². The first-order chi connectivity index (χ1) is 8.51. The van der Waals surface area contributed by atoms with Gasteiger partial charge in [0.15, 0.2) is 5.65 Å². The smallest absolute Gasteiger partial charge is 0.232 e. The van der Waals surface area contributed by atoms with E-state index in [9.17, 15) is 13.2 Å². The molecule has 2 aromatic heterocycles. The summed E-state index contributed by atoms with van der Waals surface area (Å²) in [5.41, 5.74) is -0.232. The predicted octanol–water partition coefficient (Wildman–Crippen LogP) is 4.12. The van der Waals surface area contributed by atoms with Gasteiger partial charge in [0, 0.05) is 5.41 Å². The van der Waals surface area contributed by atoms with E-state index in [1.165, 1.54) is 0 Å². The van der Waals surface area contributed by atoms with Crippen LogP contribution in [0.1, 0.15) is 37.9 Å². The Labute approximate surface area is 117 Å². The van der Waals surface area contributed by atoms with Crippen LogP contribution in [0.25, 0.3) is 5.65 Å². The van der Waals surface area contributed by atoms with Crippen molar-refractivity contribution < 1.29 is 13.2 Å². The minimum Gasteiger partial charge on any atom is -0.232 e. The third kappa shape index (κ3) is 2.48. The number of hydrogen-bond donors (Lipinski definition) is 0. The molecule has 0 saturated carbocycles. The van der Waals surface area contributed by atoms with E-state index in [1.54, 1.807) is 6.92 Å². The number of hydrogen-bond acceptors (Lipinski definition) is 2. The van der Waals surface area contributed by atoms with Crippen molar-refractivity contribution >= 4 is 21.6 Å². The van der Waals surface area contributed by atoms with E-state index >= 15 is 0 Å². The van der Waals surface area contributed by atoms with E-state index in [0.717, 1.165) is 10.6 Å². The molecule has 0 spiro atoms. The standard InChI is InChI=1S/C12H13BrF3N3/c1-6-9(13)10-17-7(11(2,3)4)5-8(12(14,15)16)19(10)18-6/h5H,1-4H3. The monoisotopic (exact) mass is 335 g/mol. The topological polar surface area (TPSA) is 30.2 Å². The molecule has 0 amide bonds. The van der Waals surface area contributed by atoms with E-state index < -0.39 is 17.3 Å². The van der Waals surface area contributed by atoms with Gasteiger partial charge in [-0.2, -0.15) is 18.3 Å². The van der Waals surface area contributed by atoms with Crippen molar-refractivity contribution in [3.63, 3.8) is 0 Å². The maximum absolute atomic E-state index is 13.1. The summed E-state index contributed by atoms with van der Waals surface area (Å²) in [5.74, 6) is 0. The maximum Gasteiger partial charge on any atom is 0.433 e. The molecule has 2 aromatic rings. The first kappa shape index (κ1) is 14.3. The summed E-state index contributed by atoms with van der Waals surface area (Å²) in [5, 5.41) is 3.89. The fourth-order valence-electron chi connectivity index (χ4n) is 1.68. The van der Waals surface area contributed by atoms with Crippen LogP contribution in [0, 0.1) is 6.92 Å². The zero-order valence-electron chi connectivity index (χ0n) is 10.9. The largest absolute Gasteiger partial charge is 0.433 e. The molecule has 19 heavy (non-hydrogen) atoms. The highest BCUT2D eigenvalue weighted by molar-refractivity contribution is 9.10. The van der Waals surface area contributed by atoms with Crippen molar-refractivity contribution in [2.75, 3.05) is 0 Å². The van der Waals surface area contributed by atoms with Gasteiger partial charge in [-0.3, -0.25) is 0 Å². The van der Waals surface area contributed by atoms with E-state index in [0.29, 0.717) is 15.9 Å². The Morgan fingerprint density at radius 3 is 2.26 bits per heavy atom. The molecule has 3 nitrogen and oxygen atoms in total. The normalized spacial score (nSPS) is 13.3. The van der Waals surface area contributed by atoms with Crippen molar-refractivity contribution in [3.05, 3.63) is 27.6 Å². The van der Waals surface area contributed by atoms with Crippen molar-refractivity contribution in [2.45, 2.75) is 39.3 Å². The average molecular weight is 336 g/mol. The average Bonchev–Trinajstić information content (AvgIpc) is 2.51. The van der Waals surface area contributed by atoms with Crippen LogP contribution in [0.15, 0.2) is 10.5 Å². The first-order valence-corrected chi connectivity index (χ1v) is 6.44. The van der Waals surface area contributed by atoms with E-state index in [2.05, 4.69) is 26.0 Å². The third-order valence-corrected chi connectivity index (χ3v) is 3.68. The predicted molar refractivity (Wildman–Crippen MR) is 69.1 cm³/mol. The highest BCUT2D eigenvalue weighted by Crippen LogP contribution is 2.34. The van der Waals surface area contributed by atoms with Crippen LogP contribution in [0.3, 0.4) is 0 Å². The van der Waals surface area contributed by atoms with Crippen molar-refractivity contribution in [1.82, 2.24) is 14.6 Å². The zero-order chi connectivity index (χ0) is 14.6. The van der Waals surface area contributed by atoms with Gasteiger partial charge in [0.05, 0.1) is 15.9 Å². The Hall–Kier alpha value is -1.11. The Kier molecular flexibility index (Phi) is 3.16. The quantitative estimate of drug-likeness (QED) is 0.725. The van der Waals surface area contributed by atoms with E-state index in [1.807, 2.05) is 20.8 Å². The Morgan fingerprint density at radius 2 is 1.79 bits per heavy atom. The van der Waals surface area contributed by atoms with Crippen molar-refractivity contribution in [2.24, 2.45) is 0 Å². The van der Waals surface area contributed by atoms with Crippen LogP contribution < -0.4 is 0 Å².